The van der Waals surface area contributed by atoms with Crippen molar-refractivity contribution in [1.29, 1.82) is 0 Å². The molecule has 6 atom stereocenters. The molecule has 4 saturated carbocycles. The van der Waals surface area contributed by atoms with Crippen LogP contribution >= 0.6 is 0 Å². The van der Waals surface area contributed by atoms with Crippen LogP contribution in [0.1, 0.15) is 79.1 Å². The molecule has 0 radical (unpaired) electrons. The Bertz CT molecular complexity index is 387. The Kier molecular flexibility index (Phi) is 2.91. The molecule has 4 rings (SSSR count). The van der Waals surface area contributed by atoms with E-state index in [1.807, 2.05) is 0 Å². The largest absolute Gasteiger partial charge is 0.0651 e. The molecule has 0 aromatic carbocycles. The van der Waals surface area contributed by atoms with Crippen LogP contribution in [0.2, 0.25) is 0 Å². The molecule has 0 saturated heterocycles. The summed E-state index contributed by atoms with van der Waals surface area (Å²) in [5.74, 6) is 6.30. The predicted octanol–water partition coefficient (Wildman–Crippen LogP) is 5.91. The van der Waals surface area contributed by atoms with Crippen molar-refractivity contribution in [3.8, 4) is 0 Å². The quantitative estimate of drug-likeness (QED) is 0.557. The van der Waals surface area contributed by atoms with Crippen molar-refractivity contribution in [3.63, 3.8) is 0 Å². The third kappa shape index (κ3) is 1.40. The second-order valence-electron chi connectivity index (χ2n) is 9.29. The minimum Gasteiger partial charge on any atom is -0.0651 e. The Morgan fingerprint density at radius 1 is 1.00 bits per heavy atom. The first-order valence-corrected chi connectivity index (χ1v) is 9.54. The number of hydrogen-bond donors (Lipinski definition) is 0. The van der Waals surface area contributed by atoms with E-state index >= 15 is 0 Å². The molecule has 114 valence electrons. The fourth-order valence-electron chi connectivity index (χ4n) is 8.26. The van der Waals surface area contributed by atoms with E-state index < -0.39 is 0 Å². The van der Waals surface area contributed by atoms with Crippen molar-refractivity contribution in [2.24, 2.45) is 46.3 Å². The van der Waals surface area contributed by atoms with Gasteiger partial charge in [0.25, 0.3) is 0 Å². The van der Waals surface area contributed by atoms with E-state index in [9.17, 15) is 0 Å². The average Bonchev–Trinajstić information content (AvgIpc) is 2.86. The van der Waals surface area contributed by atoms with Crippen LogP contribution in [0.25, 0.3) is 0 Å². The number of hydrogen-bond acceptors (Lipinski definition) is 0. The topological polar surface area (TPSA) is 0 Å². The Morgan fingerprint density at radius 2 is 1.75 bits per heavy atom. The Hall–Kier alpha value is 0. The molecular formula is C20H34. The van der Waals surface area contributed by atoms with Gasteiger partial charge in [0.15, 0.2) is 0 Å². The Labute approximate surface area is 126 Å². The van der Waals surface area contributed by atoms with Gasteiger partial charge in [-0.25, -0.2) is 0 Å². The maximum atomic E-state index is 2.71. The van der Waals surface area contributed by atoms with E-state index in [-0.39, 0.29) is 0 Å². The van der Waals surface area contributed by atoms with Crippen LogP contribution in [-0.2, 0) is 0 Å². The summed E-state index contributed by atoms with van der Waals surface area (Å²) < 4.78 is 0. The molecule has 0 aliphatic heterocycles. The second kappa shape index (κ2) is 4.26. The summed E-state index contributed by atoms with van der Waals surface area (Å²) in [6, 6.07) is 0. The molecule has 0 amide bonds. The highest BCUT2D eigenvalue weighted by molar-refractivity contribution is 5.15. The molecule has 0 aromatic rings. The first kappa shape index (κ1) is 13.6. The summed E-state index contributed by atoms with van der Waals surface area (Å²) in [5, 5.41) is 0. The van der Waals surface area contributed by atoms with Crippen molar-refractivity contribution in [1.82, 2.24) is 0 Å². The first-order chi connectivity index (χ1) is 9.54. The summed E-state index contributed by atoms with van der Waals surface area (Å²) in [7, 11) is 0. The normalized spacial score (nSPS) is 61.2. The molecule has 20 heavy (non-hydrogen) atoms. The highest BCUT2D eigenvalue weighted by atomic mass is 14.7. The van der Waals surface area contributed by atoms with Crippen molar-refractivity contribution in [2.45, 2.75) is 79.1 Å². The lowest BCUT2D eigenvalue weighted by Crippen LogP contribution is -2.64. The van der Waals surface area contributed by atoms with Crippen LogP contribution in [0.3, 0.4) is 0 Å². The van der Waals surface area contributed by atoms with E-state index in [4.69, 9.17) is 0 Å². The average molecular weight is 274 g/mol. The van der Waals surface area contributed by atoms with Crippen LogP contribution in [0, 0.1) is 46.3 Å². The zero-order valence-electron chi connectivity index (χ0n) is 14.1. The van der Waals surface area contributed by atoms with Gasteiger partial charge in [0, 0.05) is 0 Å². The minimum atomic E-state index is 0.715. The Morgan fingerprint density at radius 3 is 2.45 bits per heavy atom. The summed E-state index contributed by atoms with van der Waals surface area (Å²) >= 11 is 0. The second-order valence-corrected chi connectivity index (χ2v) is 9.29. The maximum absolute atomic E-state index is 2.71. The van der Waals surface area contributed by atoms with Crippen molar-refractivity contribution < 1.29 is 0 Å². The molecule has 0 heteroatoms. The van der Waals surface area contributed by atoms with Gasteiger partial charge in [-0.2, -0.15) is 0 Å². The molecule has 0 N–H and O–H groups in total. The molecule has 6 unspecified atom stereocenters. The van der Waals surface area contributed by atoms with Crippen LogP contribution in [0.4, 0.5) is 0 Å². The van der Waals surface area contributed by atoms with Gasteiger partial charge in [0.05, 0.1) is 0 Å². The van der Waals surface area contributed by atoms with Crippen molar-refractivity contribution in [3.05, 3.63) is 0 Å². The fraction of sp³-hybridized carbons (Fsp3) is 1.00. The molecular weight excluding hydrogens is 240 g/mol. The summed E-state index contributed by atoms with van der Waals surface area (Å²) in [6.45, 7) is 10.4. The number of fused-ring (bicyclic) bond motifs is 5. The molecule has 0 aromatic heterocycles. The highest BCUT2D eigenvalue weighted by Gasteiger charge is 2.67. The Balaban J connectivity index is 1.72. The van der Waals surface area contributed by atoms with E-state index in [0.717, 1.165) is 40.9 Å². The van der Waals surface area contributed by atoms with Gasteiger partial charge in [-0.05, 0) is 78.4 Å². The van der Waals surface area contributed by atoms with E-state index in [1.54, 1.807) is 38.5 Å². The lowest BCUT2D eigenvalue weighted by Gasteiger charge is -2.71. The minimum absolute atomic E-state index is 0.715. The lowest BCUT2D eigenvalue weighted by molar-refractivity contribution is -0.225. The third-order valence-electron chi connectivity index (χ3n) is 9.26. The van der Waals surface area contributed by atoms with Crippen LogP contribution in [-0.4, -0.2) is 0 Å². The molecule has 4 fully saturated rings. The molecule has 0 nitrogen and oxygen atoms in total. The van der Waals surface area contributed by atoms with Crippen LogP contribution in [0.15, 0.2) is 0 Å². The fourth-order valence-corrected chi connectivity index (χ4v) is 8.26. The maximum Gasteiger partial charge on any atom is -0.0207 e. The van der Waals surface area contributed by atoms with Crippen LogP contribution < -0.4 is 0 Å². The number of rotatable bonds is 1. The molecule has 2 bridgehead atoms. The van der Waals surface area contributed by atoms with E-state index in [1.165, 1.54) is 12.8 Å². The summed E-state index contributed by atoms with van der Waals surface area (Å²) in [5.41, 5.74) is 1.46. The molecule has 4 aliphatic carbocycles. The third-order valence-corrected chi connectivity index (χ3v) is 9.26. The van der Waals surface area contributed by atoms with Gasteiger partial charge in [0.1, 0.15) is 0 Å². The SMILES string of the molecule is CCC1C(C)C2(CCCC3(C)C4CCC(C4)CC32)C1C. The van der Waals surface area contributed by atoms with Gasteiger partial charge >= 0.3 is 0 Å². The van der Waals surface area contributed by atoms with E-state index in [2.05, 4.69) is 27.7 Å². The summed E-state index contributed by atoms with van der Waals surface area (Å²) in [4.78, 5) is 0. The van der Waals surface area contributed by atoms with Crippen molar-refractivity contribution >= 4 is 0 Å². The predicted molar refractivity (Wildman–Crippen MR) is 85.4 cm³/mol. The van der Waals surface area contributed by atoms with Gasteiger partial charge in [-0.15, -0.1) is 0 Å². The van der Waals surface area contributed by atoms with Gasteiger partial charge < -0.3 is 0 Å². The van der Waals surface area contributed by atoms with Gasteiger partial charge in [-0.3, -0.25) is 0 Å². The lowest BCUT2D eigenvalue weighted by atomic mass is 9.34. The van der Waals surface area contributed by atoms with Crippen LogP contribution in [0.5, 0.6) is 0 Å². The molecule has 1 spiro atoms. The van der Waals surface area contributed by atoms with E-state index in [0.29, 0.717) is 5.41 Å². The standard InChI is InChI=1S/C20H34/c1-5-17-13(2)20(14(17)3)10-6-9-19(4)16-8-7-15(11-16)12-18(19)20/h13-18H,5-12H2,1-4H3. The van der Waals surface area contributed by atoms with Gasteiger partial charge in [0.2, 0.25) is 0 Å². The monoisotopic (exact) mass is 274 g/mol. The van der Waals surface area contributed by atoms with Gasteiger partial charge in [-0.1, -0.05) is 47.0 Å². The molecule has 4 aliphatic rings. The smallest absolute Gasteiger partial charge is 0.0207 e. The molecule has 0 heterocycles. The van der Waals surface area contributed by atoms with Crippen molar-refractivity contribution in [2.75, 3.05) is 0 Å². The first-order valence-electron chi connectivity index (χ1n) is 9.54. The summed E-state index contributed by atoms with van der Waals surface area (Å²) in [6.07, 6.45) is 12.4. The highest BCUT2D eigenvalue weighted by Crippen LogP contribution is 2.74. The zero-order valence-corrected chi connectivity index (χ0v) is 14.1. The zero-order chi connectivity index (χ0) is 14.1.